The smallest absolute Gasteiger partial charge is 0.0548 e. The molecule has 1 unspecified atom stereocenters. The maximum absolute atomic E-state index is 2.50. The Labute approximate surface area is 321 Å². The molecule has 0 fully saturated rings. The zero-order valence-corrected chi connectivity index (χ0v) is 31.7. The monoisotopic (exact) mass is 728 g/mol. The second-order valence-corrected chi connectivity index (χ2v) is 17.4. The number of aromatic nitrogens is 2. The third kappa shape index (κ3) is 4.70. The fourth-order valence-electron chi connectivity index (χ4n) is 8.80. The largest absolute Gasteiger partial charge is 0.309 e. The molecule has 4 heteroatoms. The van der Waals surface area contributed by atoms with E-state index in [2.05, 4.69) is 199 Å². The van der Waals surface area contributed by atoms with E-state index < -0.39 is 10.9 Å². The summed E-state index contributed by atoms with van der Waals surface area (Å²) in [4.78, 5) is 7.09. The molecule has 8 aromatic carbocycles. The van der Waals surface area contributed by atoms with Crippen LogP contribution in [0.1, 0.15) is 11.1 Å². The van der Waals surface area contributed by atoms with Crippen molar-refractivity contribution in [1.82, 2.24) is 9.13 Å². The van der Waals surface area contributed by atoms with Crippen molar-refractivity contribution >= 4 is 66.3 Å². The first-order valence-electron chi connectivity index (χ1n) is 18.5. The quantitative estimate of drug-likeness (QED) is 0.178. The number of rotatable bonds is 4. The van der Waals surface area contributed by atoms with Gasteiger partial charge in [0.25, 0.3) is 0 Å². The van der Waals surface area contributed by atoms with Gasteiger partial charge in [0.15, 0.2) is 0 Å². The van der Waals surface area contributed by atoms with E-state index in [-0.39, 0.29) is 0 Å². The van der Waals surface area contributed by atoms with Gasteiger partial charge < -0.3 is 9.13 Å². The normalized spacial score (nSPS) is 14.5. The molecule has 0 saturated heterocycles. The lowest BCUT2D eigenvalue weighted by molar-refractivity contribution is 1.08. The van der Waals surface area contributed by atoms with Crippen molar-refractivity contribution in [2.75, 3.05) is 0 Å². The van der Waals surface area contributed by atoms with Crippen LogP contribution in [0.25, 0.3) is 66.1 Å². The molecule has 2 aromatic heterocycles. The molecule has 0 N–H and O–H groups in total. The highest BCUT2D eigenvalue weighted by atomic mass is 32.2. The van der Waals surface area contributed by atoms with E-state index in [9.17, 15) is 0 Å². The van der Waals surface area contributed by atoms with Gasteiger partial charge in [0.05, 0.1) is 22.1 Å². The predicted octanol–water partition coefficient (Wildman–Crippen LogP) is 14.1. The van der Waals surface area contributed by atoms with Crippen LogP contribution in [-0.4, -0.2) is 9.13 Å². The van der Waals surface area contributed by atoms with Gasteiger partial charge in [-0.3, -0.25) is 0 Å². The average molecular weight is 729 g/mol. The van der Waals surface area contributed by atoms with Crippen molar-refractivity contribution in [3.63, 3.8) is 0 Å². The van der Waals surface area contributed by atoms with Gasteiger partial charge in [-0.1, -0.05) is 115 Å². The average Bonchev–Trinajstić information content (AvgIpc) is 3.73. The molecule has 0 bridgehead atoms. The lowest BCUT2D eigenvalue weighted by atomic mass is 10.0. The molecule has 1 aliphatic rings. The SMILES string of the molecule is Cc1cccc(C)c1[SH]1c2ccccc2Sc2cc(-n3c4ccccc4c4c5c6cc(-c7ccccc7)ccc6n(-c6ccccc6)c5ccc43)ccc21. The summed E-state index contributed by atoms with van der Waals surface area (Å²) < 4.78 is 4.94. The van der Waals surface area contributed by atoms with Gasteiger partial charge in [0.1, 0.15) is 0 Å². The minimum Gasteiger partial charge on any atom is -0.309 e. The first-order valence-corrected chi connectivity index (χ1v) is 20.7. The van der Waals surface area contributed by atoms with Crippen LogP contribution in [-0.2, 0) is 0 Å². The molecule has 258 valence electrons. The lowest BCUT2D eigenvalue weighted by Gasteiger charge is -2.34. The van der Waals surface area contributed by atoms with E-state index in [1.165, 1.54) is 102 Å². The number of para-hydroxylation sites is 2. The number of thiol groups is 1. The van der Waals surface area contributed by atoms with Gasteiger partial charge in [-0.15, -0.1) is 0 Å². The number of hydrogen-bond acceptors (Lipinski definition) is 1. The molecule has 0 amide bonds. The molecule has 0 saturated carbocycles. The van der Waals surface area contributed by atoms with Crippen molar-refractivity contribution in [3.8, 4) is 22.5 Å². The van der Waals surface area contributed by atoms with Gasteiger partial charge >= 0.3 is 0 Å². The Hall–Kier alpha value is -5.94. The highest BCUT2D eigenvalue weighted by Crippen LogP contribution is 2.63. The first kappa shape index (κ1) is 31.6. The minimum atomic E-state index is -0.697. The highest BCUT2D eigenvalue weighted by molar-refractivity contribution is 8.18. The molecular weight excluding hydrogens is 693 g/mol. The summed E-state index contributed by atoms with van der Waals surface area (Å²) >= 11 is 1.92. The van der Waals surface area contributed by atoms with Crippen LogP contribution < -0.4 is 0 Å². The van der Waals surface area contributed by atoms with Gasteiger partial charge in [0.2, 0.25) is 0 Å². The van der Waals surface area contributed by atoms with Crippen molar-refractivity contribution in [2.24, 2.45) is 0 Å². The lowest BCUT2D eigenvalue weighted by Crippen LogP contribution is -2.02. The molecule has 1 atom stereocenters. The summed E-state index contributed by atoms with van der Waals surface area (Å²) in [5.74, 6) is 0. The Morgan fingerprint density at radius 1 is 0.407 bits per heavy atom. The second kappa shape index (κ2) is 12.3. The van der Waals surface area contributed by atoms with Crippen LogP contribution in [0, 0.1) is 13.8 Å². The van der Waals surface area contributed by atoms with E-state index in [0.717, 1.165) is 0 Å². The van der Waals surface area contributed by atoms with Crippen molar-refractivity contribution in [1.29, 1.82) is 0 Å². The van der Waals surface area contributed by atoms with E-state index in [1.807, 2.05) is 11.8 Å². The summed E-state index contributed by atoms with van der Waals surface area (Å²) in [7, 11) is -0.697. The van der Waals surface area contributed by atoms with Crippen LogP contribution in [0.5, 0.6) is 0 Å². The maximum atomic E-state index is 2.50. The summed E-state index contributed by atoms with van der Waals surface area (Å²) in [6.45, 7) is 4.55. The van der Waals surface area contributed by atoms with Crippen LogP contribution in [0.3, 0.4) is 0 Å². The number of aryl methyl sites for hydroxylation is 2. The predicted molar refractivity (Wildman–Crippen MR) is 231 cm³/mol. The van der Waals surface area contributed by atoms with E-state index >= 15 is 0 Å². The standard InChI is InChI=1S/C50H36N2S2/c1-32-14-13-15-33(2)50(32)54-46-23-12-11-22-44(46)53-45-31-37(25-29-47(45)54)52-40-21-10-9-20-38(40)48-42(52)27-28-43-49(48)39-30-35(34-16-5-3-6-17-34)24-26-41(39)51(43)36-18-7-4-8-19-36/h3-31,54H,1-2H3. The summed E-state index contributed by atoms with van der Waals surface area (Å²) in [6, 6.07) is 65.2. The third-order valence-corrected chi connectivity index (χ3v) is 15.4. The van der Waals surface area contributed by atoms with E-state index in [4.69, 9.17) is 0 Å². The third-order valence-electron chi connectivity index (χ3n) is 11.1. The molecule has 0 radical (unpaired) electrons. The molecule has 2 nitrogen and oxygen atoms in total. The molecule has 0 aliphatic carbocycles. The molecule has 11 rings (SSSR count). The Morgan fingerprint density at radius 3 is 1.81 bits per heavy atom. The Bertz CT molecular complexity index is 3080. The zero-order chi connectivity index (χ0) is 35.9. The van der Waals surface area contributed by atoms with Crippen molar-refractivity contribution < 1.29 is 0 Å². The number of hydrogen-bond donors (Lipinski definition) is 1. The molecule has 1 aliphatic heterocycles. The van der Waals surface area contributed by atoms with E-state index in [1.54, 1.807) is 0 Å². The Morgan fingerprint density at radius 2 is 1.02 bits per heavy atom. The molecule has 10 aromatic rings. The molecule has 54 heavy (non-hydrogen) atoms. The zero-order valence-electron chi connectivity index (χ0n) is 30.0. The topological polar surface area (TPSA) is 9.86 Å². The van der Waals surface area contributed by atoms with Crippen LogP contribution >= 0.6 is 22.7 Å². The Kier molecular flexibility index (Phi) is 7.20. The van der Waals surface area contributed by atoms with Crippen molar-refractivity contribution in [3.05, 3.63) is 187 Å². The van der Waals surface area contributed by atoms with E-state index in [0.29, 0.717) is 0 Å². The van der Waals surface area contributed by atoms with Crippen LogP contribution in [0.15, 0.2) is 200 Å². The first-order chi connectivity index (χ1) is 26.6. The molecular formula is C50H36N2S2. The summed E-state index contributed by atoms with van der Waals surface area (Å²) in [6.07, 6.45) is 0. The number of fused-ring (bicyclic) bond motifs is 9. The van der Waals surface area contributed by atoms with Crippen LogP contribution in [0.4, 0.5) is 0 Å². The summed E-state index contributed by atoms with van der Waals surface area (Å²) in [5, 5.41) is 5.12. The van der Waals surface area contributed by atoms with Gasteiger partial charge in [-0.05, 0) is 109 Å². The molecule has 0 spiro atoms. The number of nitrogens with zero attached hydrogens (tertiary/aromatic N) is 2. The van der Waals surface area contributed by atoms with Gasteiger partial charge in [0, 0.05) is 57.4 Å². The number of benzene rings is 8. The Balaban J connectivity index is 1.19. The second-order valence-electron chi connectivity index (χ2n) is 14.3. The highest BCUT2D eigenvalue weighted by Gasteiger charge is 2.28. The minimum absolute atomic E-state index is 0.697. The fraction of sp³-hybridized carbons (Fsp3) is 0.0400. The van der Waals surface area contributed by atoms with Crippen LogP contribution in [0.2, 0.25) is 0 Å². The summed E-state index contributed by atoms with van der Waals surface area (Å²) in [5.41, 5.74) is 12.4. The fourth-order valence-corrected chi connectivity index (χ4v) is 13.2. The molecule has 3 heterocycles. The maximum Gasteiger partial charge on any atom is 0.0548 e. The van der Waals surface area contributed by atoms with Gasteiger partial charge in [-0.2, -0.15) is 10.9 Å². The van der Waals surface area contributed by atoms with Gasteiger partial charge in [-0.25, -0.2) is 0 Å². The van der Waals surface area contributed by atoms with Crippen molar-refractivity contribution in [2.45, 2.75) is 38.3 Å².